The molecule has 1 fully saturated rings. The molecule has 0 amide bonds. The van der Waals surface area contributed by atoms with Crippen LogP contribution in [0.15, 0.2) is 0 Å². The van der Waals surface area contributed by atoms with Crippen molar-refractivity contribution in [2.45, 2.75) is 44.2 Å². The summed E-state index contributed by atoms with van der Waals surface area (Å²) in [6.45, 7) is 3.57. The summed E-state index contributed by atoms with van der Waals surface area (Å²) in [5, 5.41) is 27.2. The molecule has 1 saturated heterocycles. The number of hydrogen-bond acceptors (Lipinski definition) is 5. The van der Waals surface area contributed by atoms with Gasteiger partial charge in [-0.1, -0.05) is 0 Å². The molecule has 0 aliphatic carbocycles. The molecule has 0 radical (unpaired) electrons. The van der Waals surface area contributed by atoms with Crippen LogP contribution in [0.25, 0.3) is 0 Å². The van der Waals surface area contributed by atoms with Crippen molar-refractivity contribution >= 4 is 0 Å². The molecular formula is C10H20O5. The second-order valence-electron chi connectivity index (χ2n) is 4.49. The third-order valence-corrected chi connectivity index (χ3v) is 2.53. The number of aliphatic hydroxyl groups is 3. The Labute approximate surface area is 89.6 Å². The fraction of sp³-hybridized carbons (Fsp3) is 1.00. The van der Waals surface area contributed by atoms with E-state index in [1.54, 1.807) is 13.8 Å². The Bertz CT molecular complexity index is 206. The molecule has 0 aromatic heterocycles. The molecule has 0 saturated carbocycles. The average molecular weight is 220 g/mol. The Balaban J connectivity index is 2.64. The van der Waals surface area contributed by atoms with Gasteiger partial charge in [-0.05, 0) is 13.8 Å². The molecule has 1 aliphatic rings. The number of ether oxygens (including phenoxy) is 2. The number of hydrogen-bond donors (Lipinski definition) is 3. The van der Waals surface area contributed by atoms with Gasteiger partial charge in [0.05, 0.1) is 24.9 Å². The van der Waals surface area contributed by atoms with Gasteiger partial charge in [0, 0.05) is 19.4 Å². The highest BCUT2D eigenvalue weighted by atomic mass is 16.8. The lowest BCUT2D eigenvalue weighted by Crippen LogP contribution is -2.39. The van der Waals surface area contributed by atoms with Crippen LogP contribution in [0.5, 0.6) is 0 Å². The van der Waals surface area contributed by atoms with Crippen LogP contribution in [-0.2, 0) is 9.47 Å². The molecule has 0 aromatic carbocycles. The third kappa shape index (κ3) is 3.39. The Morgan fingerprint density at radius 2 is 2.00 bits per heavy atom. The van der Waals surface area contributed by atoms with E-state index >= 15 is 0 Å². The summed E-state index contributed by atoms with van der Waals surface area (Å²) < 4.78 is 11.1. The Morgan fingerprint density at radius 1 is 1.33 bits per heavy atom. The van der Waals surface area contributed by atoms with E-state index in [0.717, 1.165) is 0 Å². The summed E-state index contributed by atoms with van der Waals surface area (Å²) >= 11 is 0. The van der Waals surface area contributed by atoms with E-state index in [-0.39, 0.29) is 19.6 Å². The first-order chi connectivity index (χ1) is 6.93. The molecule has 0 unspecified atom stereocenters. The van der Waals surface area contributed by atoms with Crippen LogP contribution in [0.4, 0.5) is 0 Å². The van der Waals surface area contributed by atoms with Crippen molar-refractivity contribution in [3.8, 4) is 0 Å². The van der Waals surface area contributed by atoms with E-state index in [4.69, 9.17) is 19.7 Å². The van der Waals surface area contributed by atoms with E-state index in [2.05, 4.69) is 0 Å². The molecule has 15 heavy (non-hydrogen) atoms. The predicted molar refractivity (Wildman–Crippen MR) is 53.3 cm³/mol. The molecule has 3 N–H and O–H groups in total. The van der Waals surface area contributed by atoms with Crippen LogP contribution in [0.3, 0.4) is 0 Å². The Kier molecular flexibility index (Phi) is 4.08. The maximum atomic E-state index is 9.41. The van der Waals surface area contributed by atoms with E-state index in [0.29, 0.717) is 13.0 Å². The van der Waals surface area contributed by atoms with Crippen LogP contribution < -0.4 is 0 Å². The lowest BCUT2D eigenvalue weighted by molar-refractivity contribution is -0.171. The van der Waals surface area contributed by atoms with Gasteiger partial charge < -0.3 is 24.8 Å². The van der Waals surface area contributed by atoms with E-state index in [1.807, 2.05) is 0 Å². The first-order valence-corrected chi connectivity index (χ1v) is 5.17. The highest BCUT2D eigenvalue weighted by Crippen LogP contribution is 2.36. The zero-order chi connectivity index (χ0) is 11.5. The highest BCUT2D eigenvalue weighted by molar-refractivity contribution is 4.89. The van der Waals surface area contributed by atoms with Crippen molar-refractivity contribution in [2.75, 3.05) is 19.8 Å². The molecule has 0 aromatic rings. The fourth-order valence-electron chi connectivity index (χ4n) is 1.91. The summed E-state index contributed by atoms with van der Waals surface area (Å²) in [6, 6.07) is 0. The smallest absolute Gasteiger partial charge is 0.163 e. The van der Waals surface area contributed by atoms with Gasteiger partial charge in [-0.15, -0.1) is 0 Å². The molecule has 5 heteroatoms. The molecule has 1 heterocycles. The minimum atomic E-state index is -0.839. The van der Waals surface area contributed by atoms with Gasteiger partial charge in [0.15, 0.2) is 5.79 Å². The summed E-state index contributed by atoms with van der Waals surface area (Å²) in [4.78, 5) is 0. The van der Waals surface area contributed by atoms with Gasteiger partial charge in [-0.3, -0.25) is 0 Å². The monoisotopic (exact) mass is 220 g/mol. The Hall–Kier alpha value is -0.200. The summed E-state index contributed by atoms with van der Waals surface area (Å²) in [5.74, 6) is -0.690. The molecule has 2 atom stereocenters. The Morgan fingerprint density at radius 3 is 2.40 bits per heavy atom. The average Bonchev–Trinajstić information content (AvgIpc) is 2.42. The van der Waals surface area contributed by atoms with Crippen molar-refractivity contribution in [3.05, 3.63) is 0 Å². The normalized spacial score (nSPS) is 31.8. The lowest BCUT2D eigenvalue weighted by atomic mass is 9.94. The fourth-order valence-corrected chi connectivity index (χ4v) is 1.91. The summed E-state index contributed by atoms with van der Waals surface area (Å²) in [6.07, 6.45) is -0.171. The lowest BCUT2D eigenvalue weighted by Gasteiger charge is -2.30. The van der Waals surface area contributed by atoms with Crippen molar-refractivity contribution in [1.29, 1.82) is 0 Å². The van der Waals surface area contributed by atoms with Gasteiger partial charge in [0.25, 0.3) is 0 Å². The van der Waals surface area contributed by atoms with Gasteiger partial charge in [0.1, 0.15) is 0 Å². The van der Waals surface area contributed by atoms with Crippen LogP contribution >= 0.6 is 0 Å². The zero-order valence-corrected chi connectivity index (χ0v) is 9.27. The third-order valence-electron chi connectivity index (χ3n) is 2.53. The maximum absolute atomic E-state index is 9.41. The van der Waals surface area contributed by atoms with Gasteiger partial charge in [-0.25, -0.2) is 0 Å². The first kappa shape index (κ1) is 12.9. The van der Waals surface area contributed by atoms with Crippen molar-refractivity contribution in [1.82, 2.24) is 0 Å². The SMILES string of the molecule is CC1(C)OC[C@](CCO)(C[C@@H](O)CO)O1. The zero-order valence-electron chi connectivity index (χ0n) is 9.27. The second-order valence-corrected chi connectivity index (χ2v) is 4.49. The minimum absolute atomic E-state index is 0.0302. The largest absolute Gasteiger partial charge is 0.396 e. The first-order valence-electron chi connectivity index (χ1n) is 5.17. The number of rotatable bonds is 5. The summed E-state index contributed by atoms with van der Waals surface area (Å²) in [7, 11) is 0. The molecule has 90 valence electrons. The topological polar surface area (TPSA) is 79.2 Å². The van der Waals surface area contributed by atoms with Crippen LogP contribution in [0.2, 0.25) is 0 Å². The van der Waals surface area contributed by atoms with Crippen LogP contribution in [-0.4, -0.2) is 52.6 Å². The number of aliphatic hydroxyl groups excluding tert-OH is 3. The second kappa shape index (κ2) is 4.76. The van der Waals surface area contributed by atoms with Crippen LogP contribution in [0.1, 0.15) is 26.7 Å². The van der Waals surface area contributed by atoms with Crippen molar-refractivity contribution < 1.29 is 24.8 Å². The predicted octanol–water partition coefficient (Wildman–Crippen LogP) is -0.366. The van der Waals surface area contributed by atoms with Crippen LogP contribution in [0, 0.1) is 0 Å². The highest BCUT2D eigenvalue weighted by Gasteiger charge is 2.45. The molecular weight excluding hydrogens is 200 g/mol. The van der Waals surface area contributed by atoms with E-state index in [1.165, 1.54) is 0 Å². The molecule has 1 aliphatic heterocycles. The minimum Gasteiger partial charge on any atom is -0.396 e. The van der Waals surface area contributed by atoms with E-state index in [9.17, 15) is 5.11 Å². The quantitative estimate of drug-likeness (QED) is 0.589. The van der Waals surface area contributed by atoms with Gasteiger partial charge in [-0.2, -0.15) is 0 Å². The molecule has 0 bridgehead atoms. The summed E-state index contributed by atoms with van der Waals surface area (Å²) in [5.41, 5.74) is -0.680. The maximum Gasteiger partial charge on any atom is 0.163 e. The van der Waals surface area contributed by atoms with Crippen molar-refractivity contribution in [3.63, 3.8) is 0 Å². The molecule has 1 rings (SSSR count). The van der Waals surface area contributed by atoms with Gasteiger partial charge >= 0.3 is 0 Å². The molecule has 5 nitrogen and oxygen atoms in total. The van der Waals surface area contributed by atoms with Crippen molar-refractivity contribution in [2.24, 2.45) is 0 Å². The van der Waals surface area contributed by atoms with E-state index < -0.39 is 17.5 Å². The molecule has 0 spiro atoms. The standard InChI is InChI=1S/C10H20O5/c1-9(2)14-7-10(15-9,3-4-11)5-8(13)6-12/h8,11-13H,3-7H2,1-2H3/t8-,10+/m1/s1. The van der Waals surface area contributed by atoms with Gasteiger partial charge in [0.2, 0.25) is 0 Å².